The molecule has 3 unspecified atom stereocenters. The molecule has 1 fully saturated rings. The first kappa shape index (κ1) is 17.4. The van der Waals surface area contributed by atoms with Crippen LogP contribution in [0.5, 0.6) is 0 Å². The molecule has 3 atom stereocenters. The lowest BCUT2D eigenvalue weighted by atomic mass is 9.94. The summed E-state index contributed by atoms with van der Waals surface area (Å²) in [6, 6.07) is 9.67. The van der Waals surface area contributed by atoms with Gasteiger partial charge < -0.3 is 9.67 Å². The van der Waals surface area contributed by atoms with Gasteiger partial charge in [0, 0.05) is 29.1 Å². The third-order valence-corrected chi connectivity index (χ3v) is 5.67. The van der Waals surface area contributed by atoms with Crippen molar-refractivity contribution in [2.24, 2.45) is 5.92 Å². The van der Waals surface area contributed by atoms with Crippen LogP contribution in [-0.2, 0) is 6.42 Å². The van der Waals surface area contributed by atoms with Gasteiger partial charge in [-0.1, -0.05) is 23.7 Å². The van der Waals surface area contributed by atoms with Crippen molar-refractivity contribution in [3.63, 3.8) is 0 Å². The van der Waals surface area contributed by atoms with Crippen LogP contribution in [0.3, 0.4) is 0 Å². The van der Waals surface area contributed by atoms with E-state index in [2.05, 4.69) is 14.5 Å². The first-order valence-electron chi connectivity index (χ1n) is 8.97. The maximum absolute atomic E-state index is 12.7. The number of aromatic nitrogens is 3. The largest absolute Gasteiger partial charge is 0.388 e. The van der Waals surface area contributed by atoms with Gasteiger partial charge >= 0.3 is 0 Å². The summed E-state index contributed by atoms with van der Waals surface area (Å²) in [4.78, 5) is 8.63. The number of fused-ring (bicyclic) bond motifs is 1. The van der Waals surface area contributed by atoms with Gasteiger partial charge in [0.2, 0.25) is 0 Å². The summed E-state index contributed by atoms with van der Waals surface area (Å²) in [5.74, 6) is 0.200. The Bertz CT molecular complexity index is 896. The summed E-state index contributed by atoms with van der Waals surface area (Å²) < 4.78 is 14.9. The van der Waals surface area contributed by atoms with Crippen LogP contribution in [0.1, 0.15) is 42.7 Å². The quantitative estimate of drug-likeness (QED) is 0.707. The van der Waals surface area contributed by atoms with Crippen molar-refractivity contribution in [3.05, 3.63) is 59.1 Å². The molecule has 0 bridgehead atoms. The van der Waals surface area contributed by atoms with Crippen molar-refractivity contribution in [1.82, 2.24) is 14.5 Å². The number of hydrogen-bond acceptors (Lipinski definition) is 3. The second kappa shape index (κ2) is 7.33. The molecule has 1 saturated carbocycles. The van der Waals surface area contributed by atoms with Crippen molar-refractivity contribution >= 4 is 22.6 Å². The summed E-state index contributed by atoms with van der Waals surface area (Å²) in [7, 11) is 0. The maximum Gasteiger partial charge on any atom is 0.143 e. The molecule has 2 heterocycles. The highest BCUT2D eigenvalue weighted by Crippen LogP contribution is 2.42. The molecular weight excluding hydrogens is 353 g/mol. The fraction of sp³-hybridized carbons (Fsp3) is 0.400. The highest BCUT2D eigenvalue weighted by Gasteiger charge is 2.32. The smallest absolute Gasteiger partial charge is 0.143 e. The summed E-state index contributed by atoms with van der Waals surface area (Å²) in [5.41, 5.74) is 2.52. The zero-order valence-corrected chi connectivity index (χ0v) is 15.1. The Morgan fingerprint density at radius 2 is 2.00 bits per heavy atom. The number of aliphatic hydroxyl groups is 1. The molecule has 6 heteroatoms. The van der Waals surface area contributed by atoms with E-state index < -0.39 is 12.8 Å². The molecule has 136 valence electrons. The first-order valence-corrected chi connectivity index (χ1v) is 9.35. The van der Waals surface area contributed by atoms with Gasteiger partial charge in [0.1, 0.15) is 12.0 Å². The summed E-state index contributed by atoms with van der Waals surface area (Å²) >= 11 is 5.94. The molecule has 1 N–H and O–H groups in total. The lowest BCUT2D eigenvalue weighted by molar-refractivity contribution is 0.109. The standard InChI is InChI=1S/C20H21ClFN3O/c21-15-4-1-13(2-5-15)19(26)14-3-6-16(11-14)25-10-8-17-18(7-9-22)23-12-24-20(17)25/h1-2,4-5,8,10,12,14,16,19,26H,3,6-7,9,11H2. The highest BCUT2D eigenvalue weighted by molar-refractivity contribution is 6.30. The molecule has 2 aromatic heterocycles. The predicted octanol–water partition coefficient (Wildman–Crippen LogP) is 4.67. The van der Waals surface area contributed by atoms with E-state index in [-0.39, 0.29) is 12.0 Å². The third kappa shape index (κ3) is 3.21. The molecule has 0 spiro atoms. The van der Waals surface area contributed by atoms with Crippen molar-refractivity contribution < 1.29 is 9.50 Å². The number of aliphatic hydroxyl groups excluding tert-OH is 1. The molecule has 4 nitrogen and oxygen atoms in total. The second-order valence-electron chi connectivity index (χ2n) is 6.94. The Morgan fingerprint density at radius 3 is 2.77 bits per heavy atom. The minimum absolute atomic E-state index is 0.200. The van der Waals surface area contributed by atoms with Crippen LogP contribution in [0, 0.1) is 5.92 Å². The van der Waals surface area contributed by atoms with Gasteiger partial charge in [-0.05, 0) is 48.9 Å². The normalized spacial score (nSPS) is 21.3. The molecule has 0 amide bonds. The predicted molar refractivity (Wildman–Crippen MR) is 100.0 cm³/mol. The number of rotatable bonds is 5. The van der Waals surface area contributed by atoms with Crippen LogP contribution in [0.2, 0.25) is 5.02 Å². The lowest BCUT2D eigenvalue weighted by Gasteiger charge is -2.19. The third-order valence-electron chi connectivity index (χ3n) is 5.42. The number of benzene rings is 1. The minimum Gasteiger partial charge on any atom is -0.388 e. The Kier molecular flexibility index (Phi) is 4.92. The monoisotopic (exact) mass is 373 g/mol. The molecule has 1 aliphatic rings. The molecule has 0 saturated heterocycles. The summed E-state index contributed by atoms with van der Waals surface area (Å²) in [6.07, 6.45) is 6.18. The van der Waals surface area contributed by atoms with Crippen LogP contribution in [0.4, 0.5) is 4.39 Å². The molecule has 3 aromatic rings. The van der Waals surface area contributed by atoms with Gasteiger partial charge in [0.25, 0.3) is 0 Å². The number of hydrogen-bond donors (Lipinski definition) is 1. The average Bonchev–Trinajstić information content (AvgIpc) is 3.29. The highest BCUT2D eigenvalue weighted by atomic mass is 35.5. The number of nitrogens with zero attached hydrogens (tertiary/aromatic N) is 3. The van der Waals surface area contributed by atoms with Gasteiger partial charge in [0.05, 0.1) is 18.5 Å². The Morgan fingerprint density at radius 1 is 1.19 bits per heavy atom. The summed E-state index contributed by atoms with van der Waals surface area (Å²) in [5, 5.41) is 12.3. The number of halogens is 2. The van der Waals surface area contributed by atoms with E-state index in [9.17, 15) is 9.50 Å². The molecule has 1 aromatic carbocycles. The number of alkyl halides is 1. The topological polar surface area (TPSA) is 50.9 Å². The van der Waals surface area contributed by atoms with Crippen LogP contribution in [-0.4, -0.2) is 26.3 Å². The first-order chi connectivity index (χ1) is 12.7. The second-order valence-corrected chi connectivity index (χ2v) is 7.38. The van der Waals surface area contributed by atoms with Crippen molar-refractivity contribution in [2.75, 3.05) is 6.67 Å². The van der Waals surface area contributed by atoms with Crippen LogP contribution in [0.15, 0.2) is 42.9 Å². The van der Waals surface area contributed by atoms with Crippen LogP contribution < -0.4 is 0 Å². The molecule has 26 heavy (non-hydrogen) atoms. The molecule has 0 radical (unpaired) electrons. The van der Waals surface area contributed by atoms with E-state index in [1.165, 1.54) is 6.33 Å². The van der Waals surface area contributed by atoms with Gasteiger partial charge in [-0.25, -0.2) is 9.97 Å². The van der Waals surface area contributed by atoms with Gasteiger partial charge in [-0.15, -0.1) is 0 Å². The van der Waals surface area contributed by atoms with Gasteiger partial charge in [0.15, 0.2) is 0 Å². The molecule has 1 aliphatic carbocycles. The molecule has 4 rings (SSSR count). The van der Waals surface area contributed by atoms with Gasteiger partial charge in [-0.2, -0.15) is 0 Å². The fourth-order valence-electron chi connectivity index (χ4n) is 4.07. The van der Waals surface area contributed by atoms with Gasteiger partial charge in [-0.3, -0.25) is 4.39 Å². The average molecular weight is 374 g/mol. The van der Waals surface area contributed by atoms with Crippen molar-refractivity contribution in [3.8, 4) is 0 Å². The summed E-state index contributed by atoms with van der Waals surface area (Å²) in [6.45, 7) is -0.421. The Hall–Kier alpha value is -1.98. The van der Waals surface area contributed by atoms with E-state index in [1.807, 2.05) is 36.5 Å². The Balaban J connectivity index is 1.54. The number of aryl methyl sites for hydroxylation is 1. The van der Waals surface area contributed by atoms with E-state index in [0.29, 0.717) is 11.4 Å². The van der Waals surface area contributed by atoms with Crippen molar-refractivity contribution in [2.45, 2.75) is 37.8 Å². The maximum atomic E-state index is 12.7. The fourth-order valence-corrected chi connectivity index (χ4v) is 4.20. The SMILES string of the molecule is OC(c1ccc(Cl)cc1)C1CCC(n2ccc3c(CCF)ncnc32)C1. The lowest BCUT2D eigenvalue weighted by Crippen LogP contribution is -2.11. The van der Waals surface area contributed by atoms with Crippen molar-refractivity contribution in [1.29, 1.82) is 0 Å². The van der Waals surface area contributed by atoms with Crippen LogP contribution in [0.25, 0.3) is 11.0 Å². The minimum atomic E-state index is -0.490. The zero-order chi connectivity index (χ0) is 18.1. The van der Waals surface area contributed by atoms with E-state index >= 15 is 0 Å². The van der Waals surface area contributed by atoms with E-state index in [0.717, 1.165) is 41.6 Å². The Labute approximate surface area is 156 Å². The van der Waals surface area contributed by atoms with E-state index in [1.54, 1.807) is 0 Å². The van der Waals surface area contributed by atoms with Crippen LogP contribution >= 0.6 is 11.6 Å². The molecular formula is C20H21ClFN3O. The molecule has 0 aliphatic heterocycles. The van der Waals surface area contributed by atoms with E-state index in [4.69, 9.17) is 11.6 Å². The zero-order valence-electron chi connectivity index (χ0n) is 14.4.